The smallest absolute Gasteiger partial charge is 0.282 e. The van der Waals surface area contributed by atoms with Crippen LogP contribution in [0.4, 0.5) is 23.0 Å². The molecule has 2 fully saturated rings. The highest BCUT2D eigenvalue weighted by molar-refractivity contribution is 5.99. The Morgan fingerprint density at radius 1 is 0.617 bits per heavy atom. The first-order valence-corrected chi connectivity index (χ1v) is 20.2. The number of carbonyl (C=O) groups is 4. The number of rotatable bonds is 13. The molecule has 0 aliphatic carbocycles. The van der Waals surface area contributed by atoms with E-state index in [1.165, 1.54) is 12.1 Å². The van der Waals surface area contributed by atoms with Crippen LogP contribution in [0.25, 0.3) is 0 Å². The Bertz CT molecular complexity index is 2080. The summed E-state index contributed by atoms with van der Waals surface area (Å²) < 4.78 is 0. The van der Waals surface area contributed by atoms with Crippen molar-refractivity contribution in [3.63, 3.8) is 0 Å². The summed E-state index contributed by atoms with van der Waals surface area (Å²) in [5.74, 6) is 1.50. The summed E-state index contributed by atoms with van der Waals surface area (Å²) in [6.45, 7) is 13.9. The van der Waals surface area contributed by atoms with Crippen molar-refractivity contribution >= 4 is 46.6 Å². The molecule has 0 atom stereocenters. The summed E-state index contributed by atoms with van der Waals surface area (Å²) in [5, 5.41) is 33.3. The molecule has 2 aliphatic rings. The SMILES string of the molecule is CC(C)CCNC(=O)c1ccc(N2CCN(C(=O)c3ccccc3N)CC2)nn1.CC(C)CCNC(=O)c1ccc(N2CCN(C(=O)c3ccccc3[N+](=O)[O-])CC2)nn1. The zero-order chi connectivity index (χ0) is 43.2. The van der Waals surface area contributed by atoms with E-state index in [0.717, 1.165) is 12.8 Å². The number of anilines is 3. The summed E-state index contributed by atoms with van der Waals surface area (Å²) in [6.07, 6.45) is 1.82. The van der Waals surface area contributed by atoms with Crippen molar-refractivity contribution in [3.8, 4) is 0 Å². The summed E-state index contributed by atoms with van der Waals surface area (Å²) in [4.78, 5) is 67.7. The van der Waals surface area contributed by atoms with E-state index in [-0.39, 0.29) is 40.6 Å². The molecule has 4 amide bonds. The maximum absolute atomic E-state index is 12.7. The summed E-state index contributed by atoms with van der Waals surface area (Å²) in [5.41, 5.74) is 7.42. The quantitative estimate of drug-likeness (QED) is 0.0989. The molecule has 18 heteroatoms. The zero-order valence-corrected chi connectivity index (χ0v) is 34.6. The number of carbonyl (C=O) groups excluding carboxylic acids is 4. The molecule has 2 aliphatic heterocycles. The Morgan fingerprint density at radius 3 is 1.43 bits per heavy atom. The summed E-state index contributed by atoms with van der Waals surface area (Å²) in [6, 6.07) is 20.0. The van der Waals surface area contributed by atoms with Gasteiger partial charge in [0.15, 0.2) is 23.0 Å². The van der Waals surface area contributed by atoms with Crippen LogP contribution in [-0.4, -0.2) is 124 Å². The van der Waals surface area contributed by atoms with Crippen molar-refractivity contribution in [2.24, 2.45) is 11.8 Å². The van der Waals surface area contributed by atoms with E-state index >= 15 is 0 Å². The predicted molar refractivity (Wildman–Crippen MR) is 228 cm³/mol. The van der Waals surface area contributed by atoms with E-state index in [1.54, 1.807) is 58.3 Å². The van der Waals surface area contributed by atoms with Crippen LogP contribution >= 0.6 is 0 Å². The molecule has 0 saturated carbocycles. The largest absolute Gasteiger partial charge is 0.398 e. The molecule has 18 nitrogen and oxygen atoms in total. The summed E-state index contributed by atoms with van der Waals surface area (Å²) >= 11 is 0. The number of para-hydroxylation sites is 2. The Hall–Kier alpha value is -6.72. The van der Waals surface area contributed by atoms with Gasteiger partial charge in [0.1, 0.15) is 5.56 Å². The van der Waals surface area contributed by atoms with E-state index in [4.69, 9.17) is 5.73 Å². The minimum absolute atomic E-state index is 0.0535. The number of hydrogen-bond acceptors (Lipinski definition) is 13. The Labute approximate surface area is 349 Å². The topological polar surface area (TPSA) is 226 Å². The predicted octanol–water partition coefficient (Wildman–Crippen LogP) is 3.92. The second kappa shape index (κ2) is 21.3. The van der Waals surface area contributed by atoms with Crippen LogP contribution in [0.3, 0.4) is 0 Å². The number of amides is 4. The third-order valence-corrected chi connectivity index (χ3v) is 10.1. The maximum Gasteiger partial charge on any atom is 0.282 e. The number of nitrogens with one attached hydrogen (secondary N) is 2. The first kappa shape index (κ1) is 44.4. The van der Waals surface area contributed by atoms with Gasteiger partial charge in [-0.3, -0.25) is 29.3 Å². The molecule has 2 saturated heterocycles. The van der Waals surface area contributed by atoms with Gasteiger partial charge >= 0.3 is 0 Å². The zero-order valence-electron chi connectivity index (χ0n) is 34.6. The first-order chi connectivity index (χ1) is 28.8. The van der Waals surface area contributed by atoms with Gasteiger partial charge in [0.25, 0.3) is 29.3 Å². The van der Waals surface area contributed by atoms with E-state index in [0.29, 0.717) is 106 Å². The highest BCUT2D eigenvalue weighted by atomic mass is 16.6. The van der Waals surface area contributed by atoms with E-state index < -0.39 is 4.92 Å². The molecule has 2 aromatic carbocycles. The van der Waals surface area contributed by atoms with Gasteiger partial charge in [-0.2, -0.15) is 0 Å². The van der Waals surface area contributed by atoms with Crippen molar-refractivity contribution in [2.75, 3.05) is 81.0 Å². The monoisotopic (exact) mass is 822 g/mol. The van der Waals surface area contributed by atoms with Crippen molar-refractivity contribution < 1.29 is 24.1 Å². The fourth-order valence-electron chi connectivity index (χ4n) is 6.48. The number of nitro groups is 1. The molecule has 4 heterocycles. The van der Waals surface area contributed by atoms with Gasteiger partial charge in [-0.05, 0) is 67.1 Å². The van der Waals surface area contributed by atoms with Crippen LogP contribution in [0.15, 0.2) is 72.8 Å². The number of piperazine rings is 2. The van der Waals surface area contributed by atoms with Gasteiger partial charge < -0.3 is 36.0 Å². The number of nitrogens with two attached hydrogens (primary N) is 1. The average Bonchev–Trinajstić information content (AvgIpc) is 3.26. The first-order valence-electron chi connectivity index (χ1n) is 20.2. The number of benzene rings is 2. The van der Waals surface area contributed by atoms with Crippen molar-refractivity contribution in [2.45, 2.75) is 40.5 Å². The lowest BCUT2D eigenvalue weighted by atomic mass is 10.1. The van der Waals surface area contributed by atoms with Gasteiger partial charge in [-0.1, -0.05) is 52.0 Å². The molecule has 0 radical (unpaired) electrons. The van der Waals surface area contributed by atoms with E-state index in [1.807, 2.05) is 17.0 Å². The van der Waals surface area contributed by atoms with Gasteiger partial charge in [-0.25, -0.2) is 0 Å². The molecule has 0 spiro atoms. The third-order valence-electron chi connectivity index (χ3n) is 10.1. The highest BCUT2D eigenvalue weighted by Crippen LogP contribution is 2.22. The molecule has 4 aromatic rings. The lowest BCUT2D eigenvalue weighted by Crippen LogP contribution is -2.49. The Morgan fingerprint density at radius 2 is 1.03 bits per heavy atom. The molecule has 60 heavy (non-hydrogen) atoms. The fraction of sp³-hybridized carbons (Fsp3) is 0.429. The molecule has 0 unspecified atom stereocenters. The number of nitro benzene ring substituents is 1. The second-order valence-electron chi connectivity index (χ2n) is 15.4. The Balaban J connectivity index is 0.000000228. The molecule has 2 aromatic heterocycles. The number of hydrogen-bond donors (Lipinski definition) is 3. The third kappa shape index (κ3) is 12.2. The number of aromatic nitrogens is 4. The van der Waals surface area contributed by atoms with Crippen molar-refractivity contribution in [1.29, 1.82) is 0 Å². The lowest BCUT2D eigenvalue weighted by molar-refractivity contribution is -0.385. The van der Waals surface area contributed by atoms with Gasteiger partial charge in [-0.15, -0.1) is 20.4 Å². The van der Waals surface area contributed by atoms with Crippen LogP contribution in [0, 0.1) is 22.0 Å². The van der Waals surface area contributed by atoms with E-state index in [2.05, 4.69) is 63.6 Å². The highest BCUT2D eigenvalue weighted by Gasteiger charge is 2.28. The minimum Gasteiger partial charge on any atom is -0.398 e. The molecule has 4 N–H and O–H groups in total. The van der Waals surface area contributed by atoms with Crippen LogP contribution in [0.2, 0.25) is 0 Å². The Kier molecular flexibility index (Phi) is 15.8. The molecule has 0 bridgehead atoms. The molecular formula is C42H54N12O6. The summed E-state index contributed by atoms with van der Waals surface area (Å²) in [7, 11) is 0. The van der Waals surface area contributed by atoms with Crippen LogP contribution in [-0.2, 0) is 0 Å². The number of nitrogen functional groups attached to an aromatic ring is 1. The van der Waals surface area contributed by atoms with Crippen molar-refractivity contribution in [3.05, 3.63) is 105 Å². The number of nitrogens with zero attached hydrogens (tertiary/aromatic N) is 9. The van der Waals surface area contributed by atoms with Crippen LogP contribution in [0.1, 0.15) is 82.2 Å². The van der Waals surface area contributed by atoms with Gasteiger partial charge in [0.05, 0.1) is 10.5 Å². The fourth-order valence-corrected chi connectivity index (χ4v) is 6.48. The average molecular weight is 823 g/mol. The standard InChI is InChI=1S/C21H26N6O4.C21H28N6O2/c1-15(2)9-10-22-20(28)17-7-8-19(24-23-17)25-11-13-26(14-12-25)21(29)16-5-3-4-6-18(16)27(30)31;1-15(2)9-10-23-20(28)18-7-8-19(25-24-18)26-11-13-27(14-12-26)21(29)16-5-3-4-6-17(16)22/h3-8,15H,9-14H2,1-2H3,(H,22,28);3-8,15H,9-14,22H2,1-2H3,(H,23,28). The molecule has 318 valence electrons. The van der Waals surface area contributed by atoms with Gasteiger partial charge in [0.2, 0.25) is 0 Å². The van der Waals surface area contributed by atoms with Gasteiger partial charge in [0, 0.05) is 77.2 Å². The lowest BCUT2D eigenvalue weighted by Gasteiger charge is -2.35. The van der Waals surface area contributed by atoms with Crippen LogP contribution in [0.5, 0.6) is 0 Å². The molecule has 6 rings (SSSR count). The van der Waals surface area contributed by atoms with E-state index in [9.17, 15) is 29.3 Å². The molecular weight excluding hydrogens is 769 g/mol. The second-order valence-corrected chi connectivity index (χ2v) is 15.4. The van der Waals surface area contributed by atoms with Crippen LogP contribution < -0.4 is 26.2 Å². The normalized spacial score (nSPS) is 14.0. The minimum atomic E-state index is -0.542. The maximum atomic E-state index is 12.7. The van der Waals surface area contributed by atoms with Crippen molar-refractivity contribution in [1.82, 2.24) is 40.8 Å².